The summed E-state index contributed by atoms with van der Waals surface area (Å²) in [5, 5.41) is 6.59. The van der Waals surface area contributed by atoms with Gasteiger partial charge in [0.25, 0.3) is 0 Å². The molecule has 19 heavy (non-hydrogen) atoms. The van der Waals surface area contributed by atoms with Crippen LogP contribution < -0.4 is 10.6 Å². The fourth-order valence-electron chi connectivity index (χ4n) is 3.65. The van der Waals surface area contributed by atoms with Crippen LogP contribution in [0.5, 0.6) is 0 Å². The number of hydrogen-bond donors (Lipinski definition) is 2. The number of likely N-dealkylation sites (N-methyl/N-ethyl adjacent to an activating group) is 1. The molecule has 1 amide bonds. The third kappa shape index (κ3) is 2.79. The molecule has 1 unspecified atom stereocenters. The number of carbonyl (C=O) groups is 1. The first kappa shape index (κ1) is 14.8. The van der Waals surface area contributed by atoms with Crippen LogP contribution in [0.3, 0.4) is 0 Å². The lowest BCUT2D eigenvalue weighted by molar-refractivity contribution is -0.130. The molecule has 4 nitrogen and oxygen atoms in total. The molecular weight excluding hydrogens is 238 g/mol. The summed E-state index contributed by atoms with van der Waals surface area (Å²) in [6.45, 7) is 4.74. The molecule has 110 valence electrons. The second kappa shape index (κ2) is 5.80. The van der Waals surface area contributed by atoms with E-state index in [1.54, 1.807) is 0 Å². The predicted octanol–water partition coefficient (Wildman–Crippen LogP) is 1.37. The predicted molar refractivity (Wildman–Crippen MR) is 78.1 cm³/mol. The smallest absolute Gasteiger partial charge is 0.227 e. The standard InChI is InChI=1S/C15H29N3O/c1-4-14(9-10-16-11-14)13(19)17-12-15(18(2)3)7-5-6-8-15/h16H,4-12H2,1-3H3,(H,17,19). The molecule has 2 N–H and O–H groups in total. The van der Waals surface area contributed by atoms with Crippen LogP contribution >= 0.6 is 0 Å². The van der Waals surface area contributed by atoms with E-state index in [1.807, 2.05) is 0 Å². The van der Waals surface area contributed by atoms with Crippen molar-refractivity contribution >= 4 is 5.91 Å². The Morgan fingerprint density at radius 1 is 1.26 bits per heavy atom. The average Bonchev–Trinajstić information content (AvgIpc) is 3.06. The topological polar surface area (TPSA) is 44.4 Å². The molecule has 2 rings (SSSR count). The average molecular weight is 267 g/mol. The fraction of sp³-hybridized carbons (Fsp3) is 0.933. The lowest BCUT2D eigenvalue weighted by Crippen LogP contribution is -2.53. The van der Waals surface area contributed by atoms with E-state index >= 15 is 0 Å². The van der Waals surface area contributed by atoms with E-state index in [2.05, 4.69) is 36.6 Å². The van der Waals surface area contributed by atoms with Crippen molar-refractivity contribution in [2.75, 3.05) is 33.7 Å². The third-order valence-electron chi connectivity index (χ3n) is 5.46. The van der Waals surface area contributed by atoms with Gasteiger partial charge < -0.3 is 15.5 Å². The normalized spacial score (nSPS) is 29.9. The number of hydrogen-bond acceptors (Lipinski definition) is 3. The van der Waals surface area contributed by atoms with Gasteiger partial charge in [0.1, 0.15) is 0 Å². The summed E-state index contributed by atoms with van der Waals surface area (Å²) < 4.78 is 0. The molecule has 4 heteroatoms. The molecule has 2 fully saturated rings. The highest BCUT2D eigenvalue weighted by Gasteiger charge is 2.42. The molecule has 1 saturated carbocycles. The Kier molecular flexibility index (Phi) is 4.51. The van der Waals surface area contributed by atoms with Gasteiger partial charge in [-0.3, -0.25) is 4.79 Å². The van der Waals surface area contributed by atoms with E-state index in [9.17, 15) is 4.79 Å². The van der Waals surface area contributed by atoms with E-state index in [0.29, 0.717) is 0 Å². The highest BCUT2D eigenvalue weighted by molar-refractivity contribution is 5.83. The van der Waals surface area contributed by atoms with E-state index in [4.69, 9.17) is 0 Å². The maximum atomic E-state index is 12.6. The molecular formula is C15H29N3O. The Labute approximate surface area is 117 Å². The maximum absolute atomic E-state index is 12.6. The summed E-state index contributed by atoms with van der Waals surface area (Å²) in [5.74, 6) is 0.258. The van der Waals surface area contributed by atoms with Gasteiger partial charge in [-0.05, 0) is 46.3 Å². The molecule has 1 heterocycles. The zero-order chi connectivity index (χ0) is 13.9. The molecule has 1 saturated heterocycles. The Balaban J connectivity index is 1.95. The van der Waals surface area contributed by atoms with Crippen molar-refractivity contribution in [3.63, 3.8) is 0 Å². The molecule has 0 aromatic carbocycles. The van der Waals surface area contributed by atoms with Crippen molar-refractivity contribution in [3.05, 3.63) is 0 Å². The monoisotopic (exact) mass is 267 g/mol. The number of rotatable bonds is 5. The lowest BCUT2D eigenvalue weighted by atomic mass is 9.83. The van der Waals surface area contributed by atoms with Crippen molar-refractivity contribution in [2.45, 2.75) is 51.0 Å². The minimum atomic E-state index is -0.161. The second-order valence-electron chi connectivity index (χ2n) is 6.57. The first-order valence-electron chi connectivity index (χ1n) is 7.71. The van der Waals surface area contributed by atoms with Gasteiger partial charge in [-0.2, -0.15) is 0 Å². The van der Waals surface area contributed by atoms with Gasteiger partial charge in [-0.15, -0.1) is 0 Å². The van der Waals surface area contributed by atoms with E-state index < -0.39 is 0 Å². The molecule has 2 aliphatic rings. The summed E-state index contributed by atoms with van der Waals surface area (Å²) in [7, 11) is 4.29. The van der Waals surface area contributed by atoms with Crippen LogP contribution in [-0.2, 0) is 4.79 Å². The first-order valence-corrected chi connectivity index (χ1v) is 7.71. The zero-order valence-electron chi connectivity index (χ0n) is 12.7. The molecule has 1 aliphatic carbocycles. The summed E-state index contributed by atoms with van der Waals surface area (Å²) in [6.07, 6.45) is 6.89. The Bertz CT molecular complexity index is 315. The zero-order valence-corrected chi connectivity index (χ0v) is 12.7. The van der Waals surface area contributed by atoms with Crippen LogP contribution in [0.25, 0.3) is 0 Å². The quantitative estimate of drug-likeness (QED) is 0.791. The van der Waals surface area contributed by atoms with Crippen LogP contribution in [0.15, 0.2) is 0 Å². The number of amides is 1. The SMILES string of the molecule is CCC1(C(=O)NCC2(N(C)C)CCCC2)CCNC1. The lowest BCUT2D eigenvalue weighted by Gasteiger charge is -2.37. The van der Waals surface area contributed by atoms with Crippen LogP contribution in [0.1, 0.15) is 45.4 Å². The molecule has 0 bridgehead atoms. The number of nitrogens with zero attached hydrogens (tertiary/aromatic N) is 1. The minimum absolute atomic E-state index is 0.161. The highest BCUT2D eigenvalue weighted by Crippen LogP contribution is 2.34. The van der Waals surface area contributed by atoms with E-state index in [1.165, 1.54) is 25.7 Å². The molecule has 0 aromatic rings. The van der Waals surface area contributed by atoms with Gasteiger partial charge >= 0.3 is 0 Å². The van der Waals surface area contributed by atoms with Crippen LogP contribution in [0.4, 0.5) is 0 Å². The summed E-state index contributed by atoms with van der Waals surface area (Å²) in [6, 6.07) is 0. The minimum Gasteiger partial charge on any atom is -0.354 e. The van der Waals surface area contributed by atoms with Crippen molar-refractivity contribution in [1.82, 2.24) is 15.5 Å². The number of nitrogens with one attached hydrogen (secondary N) is 2. The van der Waals surface area contributed by atoms with Gasteiger partial charge in [-0.1, -0.05) is 19.8 Å². The van der Waals surface area contributed by atoms with Crippen molar-refractivity contribution in [3.8, 4) is 0 Å². The molecule has 0 aromatic heterocycles. The van der Waals surface area contributed by atoms with Crippen LogP contribution in [0, 0.1) is 5.41 Å². The summed E-state index contributed by atoms with van der Waals surface area (Å²) in [4.78, 5) is 14.9. The van der Waals surface area contributed by atoms with E-state index in [0.717, 1.165) is 32.5 Å². The number of carbonyl (C=O) groups excluding carboxylic acids is 1. The van der Waals surface area contributed by atoms with Crippen molar-refractivity contribution < 1.29 is 4.79 Å². The van der Waals surface area contributed by atoms with Gasteiger partial charge in [0.05, 0.1) is 5.41 Å². The van der Waals surface area contributed by atoms with Gasteiger partial charge in [0.15, 0.2) is 0 Å². The highest BCUT2D eigenvalue weighted by atomic mass is 16.2. The second-order valence-corrected chi connectivity index (χ2v) is 6.57. The van der Waals surface area contributed by atoms with Crippen LogP contribution in [0.2, 0.25) is 0 Å². The van der Waals surface area contributed by atoms with Crippen LogP contribution in [-0.4, -0.2) is 50.1 Å². The third-order valence-corrected chi connectivity index (χ3v) is 5.46. The van der Waals surface area contributed by atoms with Gasteiger partial charge in [-0.25, -0.2) is 0 Å². The fourth-order valence-corrected chi connectivity index (χ4v) is 3.65. The molecule has 1 atom stereocenters. The maximum Gasteiger partial charge on any atom is 0.227 e. The molecule has 1 aliphatic heterocycles. The Morgan fingerprint density at radius 3 is 2.42 bits per heavy atom. The van der Waals surface area contributed by atoms with Crippen molar-refractivity contribution in [1.29, 1.82) is 0 Å². The van der Waals surface area contributed by atoms with Gasteiger partial charge in [0, 0.05) is 18.6 Å². The van der Waals surface area contributed by atoms with Gasteiger partial charge in [0.2, 0.25) is 5.91 Å². The molecule has 0 spiro atoms. The molecule has 0 radical (unpaired) electrons. The van der Waals surface area contributed by atoms with Crippen molar-refractivity contribution in [2.24, 2.45) is 5.41 Å². The largest absolute Gasteiger partial charge is 0.354 e. The summed E-state index contributed by atoms with van der Waals surface area (Å²) >= 11 is 0. The Morgan fingerprint density at radius 2 is 1.95 bits per heavy atom. The Hall–Kier alpha value is -0.610. The first-order chi connectivity index (χ1) is 9.05. The van der Waals surface area contributed by atoms with E-state index in [-0.39, 0.29) is 16.9 Å². The summed E-state index contributed by atoms with van der Waals surface area (Å²) in [5.41, 5.74) is 0.0305.